The zero-order chi connectivity index (χ0) is 12.7. The Hall–Kier alpha value is -1.62. The fraction of sp³-hybridized carbons (Fsp3) is 0.500. The van der Waals surface area contributed by atoms with Crippen LogP contribution in [0, 0.1) is 0 Å². The van der Waals surface area contributed by atoms with Crippen molar-refractivity contribution in [1.82, 2.24) is 15.6 Å². The molecule has 0 unspecified atom stereocenters. The van der Waals surface area contributed by atoms with Crippen molar-refractivity contribution in [3.8, 4) is 5.75 Å². The topological polar surface area (TPSA) is 63.2 Å². The van der Waals surface area contributed by atoms with Crippen LogP contribution in [0.5, 0.6) is 5.75 Å². The summed E-state index contributed by atoms with van der Waals surface area (Å²) in [6.07, 6.45) is 2.75. The molecule has 0 saturated heterocycles. The van der Waals surface area contributed by atoms with Gasteiger partial charge in [0.2, 0.25) is 0 Å². The van der Waals surface area contributed by atoms with Gasteiger partial charge < -0.3 is 15.4 Å². The van der Waals surface area contributed by atoms with Crippen molar-refractivity contribution in [2.45, 2.75) is 19.9 Å². The third-order valence-corrected chi connectivity index (χ3v) is 2.37. The molecular formula is C12H19N3O2. The molecule has 0 saturated carbocycles. The first kappa shape index (κ1) is 13.4. The van der Waals surface area contributed by atoms with Gasteiger partial charge in [0, 0.05) is 31.4 Å². The van der Waals surface area contributed by atoms with E-state index in [2.05, 4.69) is 22.5 Å². The minimum Gasteiger partial charge on any atom is -0.496 e. The lowest BCUT2D eigenvalue weighted by molar-refractivity contribution is 0.0957. The van der Waals surface area contributed by atoms with E-state index in [4.69, 9.17) is 4.74 Å². The fourth-order valence-corrected chi connectivity index (χ4v) is 1.44. The number of aromatic nitrogens is 1. The number of ether oxygens (including phenoxy) is 1. The molecule has 0 aromatic carbocycles. The van der Waals surface area contributed by atoms with Crippen molar-refractivity contribution in [3.63, 3.8) is 0 Å². The predicted molar refractivity (Wildman–Crippen MR) is 66.2 cm³/mol. The van der Waals surface area contributed by atoms with Gasteiger partial charge in [-0.15, -0.1) is 0 Å². The minimum absolute atomic E-state index is 0.212. The Balaban J connectivity index is 2.81. The van der Waals surface area contributed by atoms with Crippen LogP contribution in [-0.4, -0.2) is 31.6 Å². The number of methoxy groups -OCH3 is 1. The Labute approximate surface area is 102 Å². The van der Waals surface area contributed by atoms with Crippen LogP contribution in [0.15, 0.2) is 12.3 Å². The second kappa shape index (κ2) is 6.85. The number of rotatable bonds is 6. The fourth-order valence-electron chi connectivity index (χ4n) is 1.44. The summed E-state index contributed by atoms with van der Waals surface area (Å²) in [6.45, 7) is 3.75. The van der Waals surface area contributed by atoms with Crippen LogP contribution in [0.25, 0.3) is 0 Å². The largest absolute Gasteiger partial charge is 0.496 e. The SMILES string of the molecule is CCCNCc1cnc(C(=O)NC)cc1OC. The third-order valence-electron chi connectivity index (χ3n) is 2.37. The summed E-state index contributed by atoms with van der Waals surface area (Å²) in [4.78, 5) is 15.5. The van der Waals surface area contributed by atoms with E-state index in [1.54, 1.807) is 26.4 Å². The lowest BCUT2D eigenvalue weighted by Gasteiger charge is -2.10. The highest BCUT2D eigenvalue weighted by atomic mass is 16.5. The molecule has 0 aliphatic carbocycles. The second-order valence-corrected chi connectivity index (χ2v) is 3.64. The van der Waals surface area contributed by atoms with Gasteiger partial charge in [0.15, 0.2) is 0 Å². The van der Waals surface area contributed by atoms with Crippen LogP contribution in [0.4, 0.5) is 0 Å². The predicted octanol–water partition coefficient (Wildman–Crippen LogP) is 0.949. The maximum absolute atomic E-state index is 11.4. The van der Waals surface area contributed by atoms with Gasteiger partial charge >= 0.3 is 0 Å². The molecular weight excluding hydrogens is 218 g/mol. The average Bonchev–Trinajstić information content (AvgIpc) is 2.38. The number of pyridine rings is 1. The van der Waals surface area contributed by atoms with Gasteiger partial charge in [0.05, 0.1) is 7.11 Å². The van der Waals surface area contributed by atoms with Gasteiger partial charge in [0.1, 0.15) is 11.4 Å². The standard InChI is InChI=1S/C12H19N3O2/c1-4-5-14-7-9-8-15-10(12(16)13-2)6-11(9)17-3/h6,8,14H,4-5,7H2,1-3H3,(H,13,16). The highest BCUT2D eigenvalue weighted by molar-refractivity contribution is 5.92. The van der Waals surface area contributed by atoms with Crippen molar-refractivity contribution in [1.29, 1.82) is 0 Å². The molecule has 2 N–H and O–H groups in total. The number of carbonyl (C=O) groups is 1. The number of carbonyl (C=O) groups excluding carboxylic acids is 1. The molecule has 0 spiro atoms. The summed E-state index contributed by atoms with van der Waals surface area (Å²) < 4.78 is 5.25. The highest BCUT2D eigenvalue weighted by Crippen LogP contribution is 2.18. The van der Waals surface area contributed by atoms with Crippen molar-refractivity contribution in [2.75, 3.05) is 20.7 Å². The van der Waals surface area contributed by atoms with Crippen LogP contribution >= 0.6 is 0 Å². The lowest BCUT2D eigenvalue weighted by atomic mass is 10.2. The first-order chi connectivity index (χ1) is 8.22. The highest BCUT2D eigenvalue weighted by Gasteiger charge is 2.10. The first-order valence-corrected chi connectivity index (χ1v) is 5.68. The molecule has 5 heteroatoms. The van der Waals surface area contributed by atoms with Crippen molar-refractivity contribution in [3.05, 3.63) is 23.5 Å². The van der Waals surface area contributed by atoms with Crippen LogP contribution < -0.4 is 15.4 Å². The molecule has 0 aliphatic rings. The summed E-state index contributed by atoms with van der Waals surface area (Å²) in [5, 5.41) is 5.80. The van der Waals surface area contributed by atoms with Gasteiger partial charge in [-0.25, -0.2) is 0 Å². The summed E-state index contributed by atoms with van der Waals surface area (Å²) in [7, 11) is 3.17. The summed E-state index contributed by atoms with van der Waals surface area (Å²) >= 11 is 0. The van der Waals surface area contributed by atoms with Crippen molar-refractivity contribution < 1.29 is 9.53 Å². The third kappa shape index (κ3) is 3.71. The van der Waals surface area contributed by atoms with Gasteiger partial charge in [0.25, 0.3) is 5.91 Å². The van der Waals surface area contributed by atoms with E-state index < -0.39 is 0 Å². The Morgan fingerprint density at radius 1 is 1.53 bits per heavy atom. The lowest BCUT2D eigenvalue weighted by Crippen LogP contribution is -2.20. The maximum atomic E-state index is 11.4. The molecule has 17 heavy (non-hydrogen) atoms. The summed E-state index contributed by atoms with van der Waals surface area (Å²) in [5.74, 6) is 0.471. The summed E-state index contributed by atoms with van der Waals surface area (Å²) in [5.41, 5.74) is 1.32. The summed E-state index contributed by atoms with van der Waals surface area (Å²) in [6, 6.07) is 1.65. The zero-order valence-corrected chi connectivity index (χ0v) is 10.5. The van der Waals surface area contributed by atoms with Gasteiger partial charge in [-0.3, -0.25) is 9.78 Å². The average molecular weight is 237 g/mol. The quantitative estimate of drug-likeness (QED) is 0.723. The smallest absolute Gasteiger partial charge is 0.269 e. The van der Waals surface area contributed by atoms with Crippen molar-refractivity contribution in [2.24, 2.45) is 0 Å². The second-order valence-electron chi connectivity index (χ2n) is 3.64. The first-order valence-electron chi connectivity index (χ1n) is 5.68. The Morgan fingerprint density at radius 3 is 2.88 bits per heavy atom. The minimum atomic E-state index is -0.212. The van der Waals surface area contributed by atoms with E-state index in [0.29, 0.717) is 18.0 Å². The molecule has 5 nitrogen and oxygen atoms in total. The Morgan fingerprint density at radius 2 is 2.29 bits per heavy atom. The van der Waals surface area contributed by atoms with Crippen LogP contribution in [0.1, 0.15) is 29.4 Å². The van der Waals surface area contributed by atoms with Crippen LogP contribution in [0.3, 0.4) is 0 Å². The van der Waals surface area contributed by atoms with E-state index in [9.17, 15) is 4.79 Å². The van der Waals surface area contributed by atoms with E-state index in [1.165, 1.54) is 0 Å². The molecule has 0 radical (unpaired) electrons. The number of nitrogens with one attached hydrogen (secondary N) is 2. The molecule has 94 valence electrons. The molecule has 0 fully saturated rings. The molecule has 0 bridgehead atoms. The van der Waals surface area contributed by atoms with Gasteiger partial charge in [-0.1, -0.05) is 6.92 Å². The monoisotopic (exact) mass is 237 g/mol. The Bertz CT molecular complexity index is 380. The van der Waals surface area contributed by atoms with Crippen LogP contribution in [-0.2, 0) is 6.54 Å². The molecule has 0 atom stereocenters. The van der Waals surface area contributed by atoms with Gasteiger partial charge in [-0.2, -0.15) is 0 Å². The maximum Gasteiger partial charge on any atom is 0.269 e. The van der Waals surface area contributed by atoms with E-state index in [1.807, 2.05) is 0 Å². The molecule has 1 amide bonds. The molecule has 1 rings (SSSR count). The van der Waals surface area contributed by atoms with E-state index in [0.717, 1.165) is 18.5 Å². The molecule has 1 aromatic rings. The molecule has 0 aliphatic heterocycles. The van der Waals surface area contributed by atoms with E-state index in [-0.39, 0.29) is 5.91 Å². The van der Waals surface area contributed by atoms with Crippen molar-refractivity contribution >= 4 is 5.91 Å². The number of hydrogen-bond acceptors (Lipinski definition) is 4. The van der Waals surface area contributed by atoms with E-state index >= 15 is 0 Å². The number of nitrogens with zero attached hydrogens (tertiary/aromatic N) is 1. The number of amides is 1. The van der Waals surface area contributed by atoms with Crippen LogP contribution in [0.2, 0.25) is 0 Å². The number of hydrogen-bond donors (Lipinski definition) is 2. The zero-order valence-electron chi connectivity index (χ0n) is 10.5. The molecule has 1 aromatic heterocycles. The Kier molecular flexibility index (Phi) is 5.42. The normalized spacial score (nSPS) is 10.1. The van der Waals surface area contributed by atoms with Gasteiger partial charge in [-0.05, 0) is 13.0 Å². The molecule has 1 heterocycles.